The van der Waals surface area contributed by atoms with E-state index in [-0.39, 0.29) is 30.3 Å². The fourth-order valence-corrected chi connectivity index (χ4v) is 7.20. The van der Waals surface area contributed by atoms with Gasteiger partial charge in [0, 0.05) is 48.0 Å². The number of para-hydroxylation sites is 1. The minimum absolute atomic E-state index is 0.0373. The fourth-order valence-electron chi connectivity index (χ4n) is 5.07. The molecule has 9 nitrogen and oxygen atoms in total. The molecule has 2 aromatic heterocycles. The van der Waals surface area contributed by atoms with Gasteiger partial charge in [0.1, 0.15) is 4.90 Å². The third kappa shape index (κ3) is 6.94. The predicted octanol–water partition coefficient (Wildman–Crippen LogP) is 5.18. The van der Waals surface area contributed by atoms with Crippen LogP contribution in [-0.4, -0.2) is 30.4 Å². The molecule has 1 fully saturated rings. The van der Waals surface area contributed by atoms with Crippen molar-refractivity contribution in [2.45, 2.75) is 48.0 Å². The van der Waals surface area contributed by atoms with E-state index in [2.05, 4.69) is 9.71 Å². The van der Waals surface area contributed by atoms with Gasteiger partial charge in [-0.1, -0.05) is 78.5 Å². The van der Waals surface area contributed by atoms with Gasteiger partial charge >= 0.3 is 0 Å². The molecule has 0 radical (unpaired) electrons. The summed E-state index contributed by atoms with van der Waals surface area (Å²) in [6, 6.07) is 29.1. The second kappa shape index (κ2) is 13.4. The molecule has 1 aliphatic rings. The van der Waals surface area contributed by atoms with Crippen LogP contribution in [0.15, 0.2) is 119 Å². The van der Waals surface area contributed by atoms with Crippen LogP contribution in [0, 0.1) is 5.21 Å². The quantitative estimate of drug-likeness (QED) is 0.123. The van der Waals surface area contributed by atoms with Crippen LogP contribution in [0.1, 0.15) is 41.1 Å². The van der Waals surface area contributed by atoms with Gasteiger partial charge in [-0.25, -0.2) is 13.1 Å². The van der Waals surface area contributed by atoms with Gasteiger partial charge in [0.2, 0.25) is 10.0 Å². The number of hydrogen-bond acceptors (Lipinski definition) is 8. The Hall–Kier alpha value is -3.84. The van der Waals surface area contributed by atoms with Crippen LogP contribution in [0.3, 0.4) is 0 Å². The Morgan fingerprint density at radius 1 is 0.909 bits per heavy atom. The number of aliphatic hydroxyl groups excluding tert-OH is 1. The minimum atomic E-state index is -3.80. The Morgan fingerprint density at radius 2 is 1.66 bits per heavy atom. The average Bonchev–Trinajstić information content (AvgIpc) is 3.07. The number of hydrogen-bond donors (Lipinski definition) is 2. The van der Waals surface area contributed by atoms with Crippen LogP contribution >= 0.6 is 11.8 Å². The van der Waals surface area contributed by atoms with E-state index in [4.69, 9.17) is 9.47 Å². The predicted molar refractivity (Wildman–Crippen MR) is 167 cm³/mol. The van der Waals surface area contributed by atoms with Crippen LogP contribution in [0.4, 0.5) is 0 Å². The lowest BCUT2D eigenvalue weighted by atomic mass is 10.0. The van der Waals surface area contributed by atoms with Crippen molar-refractivity contribution in [2.75, 3.05) is 5.75 Å². The molecule has 0 bridgehead atoms. The van der Waals surface area contributed by atoms with Gasteiger partial charge < -0.3 is 19.8 Å². The molecule has 3 unspecified atom stereocenters. The minimum Gasteiger partial charge on any atom is -0.618 e. The lowest BCUT2D eigenvalue weighted by Gasteiger charge is -2.36. The van der Waals surface area contributed by atoms with Crippen molar-refractivity contribution >= 4 is 32.7 Å². The van der Waals surface area contributed by atoms with Crippen molar-refractivity contribution in [3.8, 4) is 0 Å². The van der Waals surface area contributed by atoms with Gasteiger partial charge in [0.15, 0.2) is 12.5 Å². The van der Waals surface area contributed by atoms with E-state index >= 15 is 0 Å². The molecule has 0 saturated carbocycles. The number of thioether (sulfide) groups is 1. The Bertz CT molecular complexity index is 1830. The monoisotopic (exact) mass is 629 g/mol. The van der Waals surface area contributed by atoms with Gasteiger partial charge in [-0.3, -0.25) is 4.98 Å². The van der Waals surface area contributed by atoms with Crippen LogP contribution in [0.2, 0.25) is 0 Å². The van der Waals surface area contributed by atoms with Gasteiger partial charge in [0.05, 0.1) is 24.3 Å². The van der Waals surface area contributed by atoms with E-state index in [1.54, 1.807) is 36.5 Å². The molecule has 1 saturated heterocycles. The zero-order valence-electron chi connectivity index (χ0n) is 23.7. The van der Waals surface area contributed by atoms with Crippen molar-refractivity contribution in [1.82, 2.24) is 9.71 Å². The first-order valence-electron chi connectivity index (χ1n) is 14.1. The maximum Gasteiger partial charge on any atom is 0.251 e. The SMILES string of the molecule is O=S(=O)(NCc1ccc(C2OC(CSc3cccc[n+]3[O-])CC(c3ccc(CO)cc3)O2)cc1)c1cccc2cccnc12. The molecule has 0 spiro atoms. The normalized spacial score (nSPS) is 18.8. The Balaban J connectivity index is 1.17. The Morgan fingerprint density at radius 3 is 2.43 bits per heavy atom. The molecule has 3 heterocycles. The number of rotatable bonds is 10. The van der Waals surface area contributed by atoms with Gasteiger partial charge in [-0.05, 0) is 34.9 Å². The molecule has 11 heteroatoms. The Kier molecular flexibility index (Phi) is 9.22. The molecular weight excluding hydrogens is 599 g/mol. The summed E-state index contributed by atoms with van der Waals surface area (Å²) in [4.78, 5) is 4.40. The molecule has 6 rings (SSSR count). The lowest BCUT2D eigenvalue weighted by Crippen LogP contribution is -2.32. The molecule has 1 aliphatic heterocycles. The van der Waals surface area contributed by atoms with E-state index < -0.39 is 16.3 Å². The summed E-state index contributed by atoms with van der Waals surface area (Å²) in [5, 5.41) is 23.0. The summed E-state index contributed by atoms with van der Waals surface area (Å²) < 4.78 is 42.6. The van der Waals surface area contributed by atoms with Crippen molar-refractivity contribution in [3.63, 3.8) is 0 Å². The standard InChI is InChI=1S/C33H31N3O6S2/c37-21-24-11-13-25(14-12-24)29-19-28(22-43-31-8-1-2-18-36(31)38)41-33(42-29)27-15-9-23(10-16-27)20-35-44(39,40)30-7-3-5-26-6-4-17-34-32(26)30/h1-18,28-29,33,35,37H,19-22H2. The highest BCUT2D eigenvalue weighted by atomic mass is 32.2. The van der Waals surface area contributed by atoms with E-state index in [0.29, 0.717) is 22.7 Å². The van der Waals surface area contributed by atoms with Crippen molar-refractivity contribution in [3.05, 3.63) is 137 Å². The van der Waals surface area contributed by atoms with E-state index in [0.717, 1.165) is 32.4 Å². The largest absolute Gasteiger partial charge is 0.618 e. The molecule has 0 aliphatic carbocycles. The summed E-state index contributed by atoms with van der Waals surface area (Å²) >= 11 is 1.43. The molecular formula is C33H31N3O6S2. The van der Waals surface area contributed by atoms with Gasteiger partial charge in [0.25, 0.3) is 5.03 Å². The van der Waals surface area contributed by atoms with Crippen molar-refractivity contribution in [1.29, 1.82) is 0 Å². The van der Waals surface area contributed by atoms with E-state index in [9.17, 15) is 18.7 Å². The number of aromatic nitrogens is 2. The van der Waals surface area contributed by atoms with Gasteiger partial charge in [-0.15, -0.1) is 0 Å². The summed E-state index contributed by atoms with van der Waals surface area (Å²) in [6.45, 7) is 0.0635. The third-order valence-corrected chi connectivity index (χ3v) is 10.0. The average molecular weight is 630 g/mol. The number of benzene rings is 3. The number of nitrogens with zero attached hydrogens (tertiary/aromatic N) is 2. The number of nitrogens with one attached hydrogen (secondary N) is 1. The molecule has 226 valence electrons. The van der Waals surface area contributed by atoms with Crippen LogP contribution in [-0.2, 0) is 32.6 Å². The van der Waals surface area contributed by atoms with Crippen LogP contribution in [0.25, 0.3) is 10.9 Å². The molecule has 0 amide bonds. The highest BCUT2D eigenvalue weighted by molar-refractivity contribution is 7.99. The highest BCUT2D eigenvalue weighted by Gasteiger charge is 2.32. The maximum atomic E-state index is 13.1. The molecule has 5 aromatic rings. The highest BCUT2D eigenvalue weighted by Crippen LogP contribution is 2.39. The molecule has 44 heavy (non-hydrogen) atoms. The summed E-state index contributed by atoms with van der Waals surface area (Å²) in [5.41, 5.74) is 3.78. The second-order valence-electron chi connectivity index (χ2n) is 10.4. The molecule has 2 N–H and O–H groups in total. The number of pyridine rings is 2. The topological polar surface area (TPSA) is 125 Å². The van der Waals surface area contributed by atoms with E-state index in [1.165, 1.54) is 18.0 Å². The first kappa shape index (κ1) is 30.2. The number of fused-ring (bicyclic) bond motifs is 1. The third-order valence-electron chi connectivity index (χ3n) is 7.42. The van der Waals surface area contributed by atoms with Crippen molar-refractivity contribution < 1.29 is 27.7 Å². The maximum absolute atomic E-state index is 13.1. The summed E-state index contributed by atoms with van der Waals surface area (Å²) in [6.07, 6.45) is 2.51. The zero-order chi connectivity index (χ0) is 30.5. The van der Waals surface area contributed by atoms with Crippen LogP contribution < -0.4 is 9.45 Å². The van der Waals surface area contributed by atoms with Gasteiger partial charge in [-0.2, -0.15) is 4.73 Å². The lowest BCUT2D eigenvalue weighted by molar-refractivity contribution is -0.645. The number of ether oxygens (including phenoxy) is 2. The van der Waals surface area contributed by atoms with Crippen molar-refractivity contribution in [2.24, 2.45) is 0 Å². The smallest absolute Gasteiger partial charge is 0.251 e. The second-order valence-corrected chi connectivity index (χ2v) is 13.2. The Labute approximate surface area is 260 Å². The summed E-state index contributed by atoms with van der Waals surface area (Å²) in [7, 11) is -3.80. The zero-order valence-corrected chi connectivity index (χ0v) is 25.3. The first-order valence-corrected chi connectivity index (χ1v) is 16.6. The number of aliphatic hydroxyl groups is 1. The van der Waals surface area contributed by atoms with Crippen LogP contribution in [0.5, 0.6) is 0 Å². The number of sulfonamides is 1. The molecule has 3 aromatic carbocycles. The molecule has 3 atom stereocenters. The fraction of sp³-hybridized carbons (Fsp3) is 0.212. The first-order chi connectivity index (χ1) is 21.4. The van der Waals surface area contributed by atoms with E-state index in [1.807, 2.05) is 66.7 Å². The summed E-state index contributed by atoms with van der Waals surface area (Å²) in [5.74, 6) is 0.556.